The maximum atomic E-state index is 13.0. The first kappa shape index (κ1) is 12.8. The monoisotopic (exact) mass is 259 g/mol. The van der Waals surface area contributed by atoms with Gasteiger partial charge in [-0.05, 0) is 29.9 Å². The van der Waals surface area contributed by atoms with Crippen LogP contribution in [0.25, 0.3) is 0 Å². The van der Waals surface area contributed by atoms with Gasteiger partial charge in [0, 0.05) is 18.3 Å². The first-order valence-corrected chi connectivity index (χ1v) is 6.76. The van der Waals surface area contributed by atoms with Crippen molar-refractivity contribution in [1.82, 2.24) is 5.32 Å². The lowest BCUT2D eigenvalue weighted by Crippen LogP contribution is -2.32. The largest absolute Gasteiger partial charge is 0.387 e. The third kappa shape index (κ3) is 3.40. The molecule has 0 spiro atoms. The van der Waals surface area contributed by atoms with Gasteiger partial charge in [-0.15, -0.1) is 0 Å². The van der Waals surface area contributed by atoms with Gasteiger partial charge < -0.3 is 10.4 Å². The summed E-state index contributed by atoms with van der Waals surface area (Å²) in [5.74, 6) is 0.378. The van der Waals surface area contributed by atoms with Crippen LogP contribution < -0.4 is 5.32 Å². The van der Waals surface area contributed by atoms with Gasteiger partial charge in [-0.3, -0.25) is 0 Å². The average Bonchev–Trinajstić information content (AvgIpc) is 2.82. The molecule has 5 heteroatoms. The Balaban J connectivity index is 1.89. The number of nitrogens with one attached hydrogen (secondary N) is 1. The number of hydrogen-bond donors (Lipinski definition) is 2. The van der Waals surface area contributed by atoms with E-state index in [4.69, 9.17) is 0 Å². The van der Waals surface area contributed by atoms with Crippen LogP contribution in [-0.4, -0.2) is 29.2 Å². The number of benzene rings is 1. The Morgan fingerprint density at radius 2 is 2.24 bits per heavy atom. The number of rotatable bonds is 4. The van der Waals surface area contributed by atoms with Crippen molar-refractivity contribution in [1.29, 1.82) is 0 Å². The lowest BCUT2D eigenvalue weighted by molar-refractivity contribution is 0.170. The summed E-state index contributed by atoms with van der Waals surface area (Å²) >= 11 is 1.88. The van der Waals surface area contributed by atoms with Crippen LogP contribution in [0, 0.1) is 11.6 Å². The standard InChI is InChI=1S/C12H15F2NOS/c13-10-2-1-8(5-11(10)14)12(16)6-15-9-3-4-17-7-9/h1-2,5,9,12,15-16H,3-4,6-7H2. The van der Waals surface area contributed by atoms with Crippen molar-refractivity contribution in [2.75, 3.05) is 18.1 Å². The zero-order valence-electron chi connectivity index (χ0n) is 9.33. The van der Waals surface area contributed by atoms with Crippen LogP contribution in [0.2, 0.25) is 0 Å². The Hall–Kier alpha value is -0.650. The zero-order valence-corrected chi connectivity index (χ0v) is 10.1. The van der Waals surface area contributed by atoms with Crippen LogP contribution in [0.15, 0.2) is 18.2 Å². The van der Waals surface area contributed by atoms with Crippen LogP contribution >= 0.6 is 11.8 Å². The molecule has 0 radical (unpaired) electrons. The van der Waals surface area contributed by atoms with Crippen molar-refractivity contribution in [2.24, 2.45) is 0 Å². The number of aliphatic hydroxyl groups is 1. The van der Waals surface area contributed by atoms with Gasteiger partial charge in [0.15, 0.2) is 11.6 Å². The van der Waals surface area contributed by atoms with Gasteiger partial charge in [-0.1, -0.05) is 6.07 Å². The summed E-state index contributed by atoms with van der Waals surface area (Å²) in [6, 6.07) is 3.92. The minimum absolute atomic E-state index is 0.371. The lowest BCUT2D eigenvalue weighted by Gasteiger charge is -2.16. The van der Waals surface area contributed by atoms with Gasteiger partial charge in [-0.25, -0.2) is 8.78 Å². The van der Waals surface area contributed by atoms with E-state index in [0.29, 0.717) is 18.2 Å². The lowest BCUT2D eigenvalue weighted by atomic mass is 10.1. The van der Waals surface area contributed by atoms with Crippen LogP contribution in [0.5, 0.6) is 0 Å². The molecule has 1 saturated heterocycles. The van der Waals surface area contributed by atoms with E-state index in [1.807, 2.05) is 11.8 Å². The van der Waals surface area contributed by atoms with Crippen LogP contribution in [0.4, 0.5) is 8.78 Å². The minimum atomic E-state index is -0.919. The van der Waals surface area contributed by atoms with E-state index in [1.165, 1.54) is 6.07 Å². The van der Waals surface area contributed by atoms with Crippen LogP contribution in [-0.2, 0) is 0 Å². The molecule has 1 heterocycles. The summed E-state index contributed by atoms with van der Waals surface area (Å²) in [4.78, 5) is 0. The van der Waals surface area contributed by atoms with Crippen molar-refractivity contribution in [2.45, 2.75) is 18.6 Å². The normalized spacial score (nSPS) is 21.7. The molecule has 94 valence electrons. The number of hydrogen-bond acceptors (Lipinski definition) is 3. The molecule has 0 saturated carbocycles. The second-order valence-electron chi connectivity index (χ2n) is 4.16. The smallest absolute Gasteiger partial charge is 0.159 e. The first-order valence-electron chi connectivity index (χ1n) is 5.61. The number of halogens is 2. The highest BCUT2D eigenvalue weighted by molar-refractivity contribution is 7.99. The highest BCUT2D eigenvalue weighted by Crippen LogP contribution is 2.19. The molecule has 2 unspecified atom stereocenters. The predicted octanol–water partition coefficient (Wildman–Crippen LogP) is 2.09. The van der Waals surface area contributed by atoms with Gasteiger partial charge in [0.1, 0.15) is 0 Å². The molecule has 2 atom stereocenters. The topological polar surface area (TPSA) is 32.3 Å². The Kier molecular flexibility index (Phi) is 4.36. The second-order valence-corrected chi connectivity index (χ2v) is 5.31. The summed E-state index contributed by atoms with van der Waals surface area (Å²) in [6.07, 6.45) is 0.297. The van der Waals surface area contributed by atoms with Crippen molar-refractivity contribution < 1.29 is 13.9 Å². The molecule has 1 fully saturated rings. The Labute approximate surface area is 103 Å². The third-order valence-electron chi connectivity index (χ3n) is 2.86. The van der Waals surface area contributed by atoms with E-state index in [9.17, 15) is 13.9 Å². The van der Waals surface area contributed by atoms with E-state index in [-0.39, 0.29) is 0 Å². The zero-order chi connectivity index (χ0) is 12.3. The Morgan fingerprint density at radius 1 is 1.41 bits per heavy atom. The summed E-state index contributed by atoms with van der Waals surface area (Å²) in [5, 5.41) is 13.1. The fourth-order valence-corrected chi connectivity index (χ4v) is 3.00. The molecule has 2 nitrogen and oxygen atoms in total. The Morgan fingerprint density at radius 3 is 2.88 bits per heavy atom. The molecule has 17 heavy (non-hydrogen) atoms. The maximum Gasteiger partial charge on any atom is 0.159 e. The van der Waals surface area contributed by atoms with E-state index in [0.717, 1.165) is 30.1 Å². The van der Waals surface area contributed by atoms with E-state index in [1.54, 1.807) is 0 Å². The van der Waals surface area contributed by atoms with Crippen LogP contribution in [0.3, 0.4) is 0 Å². The molecule has 0 bridgehead atoms. The van der Waals surface area contributed by atoms with Gasteiger partial charge in [0.05, 0.1) is 6.10 Å². The Bertz CT molecular complexity index is 383. The molecule has 2 rings (SSSR count). The SMILES string of the molecule is OC(CNC1CCSC1)c1ccc(F)c(F)c1. The molecule has 1 aromatic carbocycles. The molecule has 0 amide bonds. The number of aliphatic hydroxyl groups excluding tert-OH is 1. The molecule has 1 aliphatic heterocycles. The summed E-state index contributed by atoms with van der Waals surface area (Å²) in [5.41, 5.74) is 0.405. The summed E-state index contributed by atoms with van der Waals surface area (Å²) in [7, 11) is 0. The summed E-state index contributed by atoms with van der Waals surface area (Å²) in [6.45, 7) is 0.371. The fourth-order valence-electron chi connectivity index (χ4n) is 1.81. The highest BCUT2D eigenvalue weighted by Gasteiger charge is 2.17. The summed E-state index contributed by atoms with van der Waals surface area (Å²) < 4.78 is 25.7. The van der Waals surface area contributed by atoms with Gasteiger partial charge in [-0.2, -0.15) is 11.8 Å². The molecular formula is C12H15F2NOS. The van der Waals surface area contributed by atoms with E-state index < -0.39 is 17.7 Å². The van der Waals surface area contributed by atoms with Crippen molar-refractivity contribution in [3.8, 4) is 0 Å². The molecule has 2 N–H and O–H groups in total. The van der Waals surface area contributed by atoms with Gasteiger partial charge in [0.25, 0.3) is 0 Å². The third-order valence-corrected chi connectivity index (χ3v) is 4.02. The van der Waals surface area contributed by atoms with Crippen molar-refractivity contribution in [3.05, 3.63) is 35.4 Å². The fraction of sp³-hybridized carbons (Fsp3) is 0.500. The van der Waals surface area contributed by atoms with Crippen molar-refractivity contribution in [3.63, 3.8) is 0 Å². The molecule has 1 aromatic rings. The maximum absolute atomic E-state index is 13.0. The molecule has 0 aromatic heterocycles. The van der Waals surface area contributed by atoms with Crippen LogP contribution in [0.1, 0.15) is 18.1 Å². The highest BCUT2D eigenvalue weighted by atomic mass is 32.2. The van der Waals surface area contributed by atoms with Crippen molar-refractivity contribution >= 4 is 11.8 Å². The minimum Gasteiger partial charge on any atom is -0.387 e. The number of thioether (sulfide) groups is 1. The van der Waals surface area contributed by atoms with Gasteiger partial charge in [0.2, 0.25) is 0 Å². The van der Waals surface area contributed by atoms with E-state index in [2.05, 4.69) is 5.32 Å². The second kappa shape index (κ2) is 5.80. The molecular weight excluding hydrogens is 244 g/mol. The quantitative estimate of drug-likeness (QED) is 0.868. The first-order chi connectivity index (χ1) is 8.16. The van der Waals surface area contributed by atoms with E-state index >= 15 is 0 Å². The predicted molar refractivity (Wildman–Crippen MR) is 65.1 cm³/mol. The molecule has 0 aliphatic carbocycles. The average molecular weight is 259 g/mol. The molecule has 1 aliphatic rings. The van der Waals surface area contributed by atoms with Gasteiger partial charge >= 0.3 is 0 Å².